The van der Waals surface area contributed by atoms with E-state index in [0.717, 1.165) is 12.0 Å². The van der Waals surface area contributed by atoms with Crippen LogP contribution in [0.4, 0.5) is 11.4 Å². The Morgan fingerprint density at radius 2 is 2.00 bits per heavy atom. The Kier molecular flexibility index (Phi) is 4.81. The van der Waals surface area contributed by atoms with Crippen molar-refractivity contribution in [2.75, 3.05) is 23.3 Å². The van der Waals surface area contributed by atoms with Gasteiger partial charge < -0.3 is 15.1 Å². The van der Waals surface area contributed by atoms with Crippen LogP contribution in [0.3, 0.4) is 0 Å². The maximum absolute atomic E-state index is 13.3. The minimum atomic E-state index is -0.304. The van der Waals surface area contributed by atoms with Crippen LogP contribution < -0.4 is 10.2 Å². The third-order valence-corrected chi connectivity index (χ3v) is 5.41. The molecule has 0 saturated heterocycles. The summed E-state index contributed by atoms with van der Waals surface area (Å²) >= 11 is 0. The SMILES string of the molecule is CC(=O)N1CCc2ccccc2C1CC(=O)N1CCC(=O)Nc2ccncc21. The van der Waals surface area contributed by atoms with Gasteiger partial charge in [0.2, 0.25) is 17.7 Å². The highest BCUT2D eigenvalue weighted by Gasteiger charge is 2.33. The lowest BCUT2D eigenvalue weighted by Crippen LogP contribution is -2.42. The van der Waals surface area contributed by atoms with Gasteiger partial charge in [-0.3, -0.25) is 19.4 Å². The molecule has 2 aromatic rings. The van der Waals surface area contributed by atoms with Crippen LogP contribution in [0.1, 0.15) is 36.9 Å². The molecule has 28 heavy (non-hydrogen) atoms. The average molecular weight is 378 g/mol. The molecule has 1 aromatic carbocycles. The summed E-state index contributed by atoms with van der Waals surface area (Å²) in [6.07, 6.45) is 4.35. The number of benzene rings is 1. The van der Waals surface area contributed by atoms with E-state index < -0.39 is 0 Å². The highest BCUT2D eigenvalue weighted by molar-refractivity contribution is 6.03. The smallest absolute Gasteiger partial charge is 0.229 e. The van der Waals surface area contributed by atoms with Crippen LogP contribution in [-0.4, -0.2) is 40.7 Å². The zero-order valence-electron chi connectivity index (χ0n) is 15.7. The first-order chi connectivity index (χ1) is 13.5. The van der Waals surface area contributed by atoms with Crippen molar-refractivity contribution in [2.45, 2.75) is 32.2 Å². The maximum atomic E-state index is 13.3. The summed E-state index contributed by atoms with van der Waals surface area (Å²) in [4.78, 5) is 45.0. The molecule has 7 nitrogen and oxygen atoms in total. The predicted octanol–water partition coefficient (Wildman–Crippen LogP) is 2.29. The minimum absolute atomic E-state index is 0.0397. The van der Waals surface area contributed by atoms with Gasteiger partial charge in [-0.2, -0.15) is 0 Å². The van der Waals surface area contributed by atoms with Crippen LogP contribution in [-0.2, 0) is 20.8 Å². The number of carbonyl (C=O) groups is 3. The van der Waals surface area contributed by atoms with Crippen molar-refractivity contribution in [3.8, 4) is 0 Å². The molecule has 4 rings (SSSR count). The fourth-order valence-electron chi connectivity index (χ4n) is 4.04. The molecule has 0 radical (unpaired) electrons. The number of pyridine rings is 1. The normalized spacial score (nSPS) is 18.6. The van der Waals surface area contributed by atoms with Crippen molar-refractivity contribution < 1.29 is 14.4 Å². The Labute approximate surface area is 163 Å². The average Bonchev–Trinajstić information content (AvgIpc) is 2.86. The van der Waals surface area contributed by atoms with Gasteiger partial charge in [0.1, 0.15) is 0 Å². The number of amides is 3. The van der Waals surface area contributed by atoms with Gasteiger partial charge in [0, 0.05) is 32.6 Å². The monoisotopic (exact) mass is 378 g/mol. The van der Waals surface area contributed by atoms with Gasteiger partial charge in [-0.1, -0.05) is 24.3 Å². The third kappa shape index (κ3) is 3.35. The summed E-state index contributed by atoms with van der Waals surface area (Å²) < 4.78 is 0. The minimum Gasteiger partial charge on any atom is -0.335 e. The van der Waals surface area contributed by atoms with Crippen molar-refractivity contribution in [3.05, 3.63) is 53.9 Å². The van der Waals surface area contributed by atoms with Gasteiger partial charge in [0.05, 0.1) is 30.0 Å². The van der Waals surface area contributed by atoms with E-state index in [2.05, 4.69) is 16.4 Å². The van der Waals surface area contributed by atoms with Crippen LogP contribution in [0.15, 0.2) is 42.7 Å². The van der Waals surface area contributed by atoms with Crippen molar-refractivity contribution in [3.63, 3.8) is 0 Å². The summed E-state index contributed by atoms with van der Waals surface area (Å²) in [6.45, 7) is 2.43. The van der Waals surface area contributed by atoms with Crippen LogP contribution in [0.5, 0.6) is 0 Å². The lowest BCUT2D eigenvalue weighted by atomic mass is 9.90. The number of fused-ring (bicyclic) bond motifs is 2. The molecule has 3 heterocycles. The summed E-state index contributed by atoms with van der Waals surface area (Å²) in [7, 11) is 0. The maximum Gasteiger partial charge on any atom is 0.229 e. The number of rotatable bonds is 2. The molecule has 2 aliphatic rings. The molecule has 0 aliphatic carbocycles. The first kappa shape index (κ1) is 18.2. The molecule has 1 aromatic heterocycles. The standard InChI is InChI=1S/C21H22N4O3/c1-14(26)24-10-7-15-4-2-3-5-16(15)18(24)12-21(28)25-11-8-20(27)23-17-6-9-22-13-19(17)25/h2-6,9,13,18H,7-8,10-12H2,1H3,(H,23,27). The highest BCUT2D eigenvalue weighted by atomic mass is 16.2. The lowest BCUT2D eigenvalue weighted by Gasteiger charge is -2.37. The molecule has 0 bridgehead atoms. The summed E-state index contributed by atoms with van der Waals surface area (Å²) in [5, 5.41) is 2.82. The van der Waals surface area contributed by atoms with E-state index in [4.69, 9.17) is 0 Å². The van der Waals surface area contributed by atoms with Crippen molar-refractivity contribution in [1.29, 1.82) is 0 Å². The lowest BCUT2D eigenvalue weighted by molar-refractivity contribution is -0.133. The van der Waals surface area contributed by atoms with Gasteiger partial charge >= 0.3 is 0 Å². The number of hydrogen-bond acceptors (Lipinski definition) is 4. The summed E-state index contributed by atoms with van der Waals surface area (Å²) in [5.74, 6) is -0.295. The second-order valence-corrected chi connectivity index (χ2v) is 7.12. The van der Waals surface area contributed by atoms with Gasteiger partial charge in [-0.25, -0.2) is 0 Å². The zero-order valence-corrected chi connectivity index (χ0v) is 15.7. The second kappa shape index (κ2) is 7.42. The van der Waals surface area contributed by atoms with E-state index in [1.165, 1.54) is 5.56 Å². The Bertz CT molecular complexity index is 943. The van der Waals surface area contributed by atoms with Gasteiger partial charge in [0.25, 0.3) is 0 Å². The quantitative estimate of drug-likeness (QED) is 0.869. The molecule has 1 N–H and O–H groups in total. The molecule has 144 valence electrons. The predicted molar refractivity (Wildman–Crippen MR) is 105 cm³/mol. The first-order valence-corrected chi connectivity index (χ1v) is 9.44. The first-order valence-electron chi connectivity index (χ1n) is 9.44. The number of hydrogen-bond donors (Lipinski definition) is 1. The van der Waals surface area contributed by atoms with Crippen LogP contribution in [0.2, 0.25) is 0 Å². The topological polar surface area (TPSA) is 82.6 Å². The van der Waals surface area contributed by atoms with Crippen LogP contribution >= 0.6 is 0 Å². The number of nitrogens with zero attached hydrogens (tertiary/aromatic N) is 3. The third-order valence-electron chi connectivity index (χ3n) is 5.41. The molecule has 0 spiro atoms. The molecule has 3 amide bonds. The molecule has 1 unspecified atom stereocenters. The second-order valence-electron chi connectivity index (χ2n) is 7.12. The van der Waals surface area contributed by atoms with Crippen molar-refractivity contribution in [2.24, 2.45) is 0 Å². The summed E-state index contributed by atoms with van der Waals surface area (Å²) in [5.41, 5.74) is 3.37. The van der Waals surface area contributed by atoms with E-state index in [0.29, 0.717) is 17.9 Å². The van der Waals surface area contributed by atoms with E-state index in [-0.39, 0.29) is 43.1 Å². The number of carbonyl (C=O) groups excluding carboxylic acids is 3. The van der Waals surface area contributed by atoms with Crippen molar-refractivity contribution >= 4 is 29.1 Å². The molecular weight excluding hydrogens is 356 g/mol. The number of aromatic nitrogens is 1. The molecule has 0 saturated carbocycles. The van der Waals surface area contributed by atoms with E-state index in [1.807, 2.05) is 18.2 Å². The Morgan fingerprint density at radius 3 is 2.82 bits per heavy atom. The van der Waals surface area contributed by atoms with Crippen LogP contribution in [0.25, 0.3) is 0 Å². The fraction of sp³-hybridized carbons (Fsp3) is 0.333. The van der Waals surface area contributed by atoms with Crippen molar-refractivity contribution in [1.82, 2.24) is 9.88 Å². The Morgan fingerprint density at radius 1 is 1.18 bits per heavy atom. The highest BCUT2D eigenvalue weighted by Crippen LogP contribution is 2.35. The van der Waals surface area contributed by atoms with Gasteiger partial charge in [0.15, 0.2) is 0 Å². The van der Waals surface area contributed by atoms with Crippen LogP contribution in [0, 0.1) is 0 Å². The molecule has 2 aliphatic heterocycles. The Hall–Kier alpha value is -3.22. The molecule has 0 fully saturated rings. The van der Waals surface area contributed by atoms with Gasteiger partial charge in [-0.05, 0) is 23.6 Å². The molecule has 1 atom stereocenters. The zero-order chi connectivity index (χ0) is 19.7. The van der Waals surface area contributed by atoms with E-state index >= 15 is 0 Å². The number of nitrogens with one attached hydrogen (secondary N) is 1. The largest absolute Gasteiger partial charge is 0.335 e. The van der Waals surface area contributed by atoms with Gasteiger partial charge in [-0.15, -0.1) is 0 Å². The van der Waals surface area contributed by atoms with E-state index in [9.17, 15) is 14.4 Å². The summed E-state index contributed by atoms with van der Waals surface area (Å²) in [6, 6.07) is 9.35. The fourth-order valence-corrected chi connectivity index (χ4v) is 4.04. The Balaban J connectivity index is 1.65. The van der Waals surface area contributed by atoms with E-state index in [1.54, 1.807) is 35.2 Å². The molecular formula is C21H22N4O3. The number of anilines is 2. The molecule has 7 heteroatoms.